The fourth-order valence-electron chi connectivity index (χ4n) is 1.39. The first kappa shape index (κ1) is 7.00. The molecule has 0 bridgehead atoms. The van der Waals surface area contributed by atoms with E-state index in [1.165, 1.54) is 10.9 Å². The molecular formula is C11H9N. The fourth-order valence-corrected chi connectivity index (χ4v) is 1.39. The van der Waals surface area contributed by atoms with Gasteiger partial charge >= 0.3 is 0 Å². The quantitative estimate of drug-likeness (QED) is 0.608. The molecule has 0 unspecified atom stereocenters. The zero-order valence-corrected chi connectivity index (χ0v) is 6.67. The third-order valence-electron chi connectivity index (χ3n) is 1.97. The summed E-state index contributed by atoms with van der Waals surface area (Å²) in [6.45, 7) is 0. The van der Waals surface area contributed by atoms with Gasteiger partial charge in [-0.05, 0) is 11.6 Å². The van der Waals surface area contributed by atoms with E-state index in [0.717, 1.165) is 5.52 Å². The van der Waals surface area contributed by atoms with Gasteiger partial charge in [-0.3, -0.25) is 0 Å². The summed E-state index contributed by atoms with van der Waals surface area (Å²) >= 11 is 0. The molecule has 0 aliphatic heterocycles. The van der Waals surface area contributed by atoms with E-state index in [9.17, 15) is 0 Å². The third-order valence-corrected chi connectivity index (χ3v) is 1.97. The molecule has 0 spiro atoms. The lowest BCUT2D eigenvalue weighted by Gasteiger charge is -1.90. The molecule has 0 saturated carbocycles. The van der Waals surface area contributed by atoms with E-state index < -0.39 is 0 Å². The van der Waals surface area contributed by atoms with Gasteiger partial charge in [0.15, 0.2) is 0 Å². The van der Waals surface area contributed by atoms with Crippen LogP contribution in [0, 0.1) is 12.3 Å². The van der Waals surface area contributed by atoms with E-state index in [-0.39, 0.29) is 0 Å². The Hall–Kier alpha value is -1.68. The number of hydrogen-bond donors (Lipinski definition) is 1. The third kappa shape index (κ3) is 0.981. The van der Waals surface area contributed by atoms with Crippen LogP contribution in [0.1, 0.15) is 5.56 Å². The van der Waals surface area contributed by atoms with Crippen LogP contribution in [0.4, 0.5) is 0 Å². The van der Waals surface area contributed by atoms with Crippen molar-refractivity contribution in [2.75, 3.05) is 0 Å². The summed E-state index contributed by atoms with van der Waals surface area (Å²) in [6, 6.07) is 8.17. The summed E-state index contributed by atoms with van der Waals surface area (Å²) in [4.78, 5) is 3.18. The van der Waals surface area contributed by atoms with Crippen LogP contribution in [0.15, 0.2) is 30.5 Å². The monoisotopic (exact) mass is 155 g/mol. The van der Waals surface area contributed by atoms with Crippen LogP contribution in [0.3, 0.4) is 0 Å². The Labute approximate surface area is 71.4 Å². The minimum absolute atomic E-state index is 0.698. The number of fused-ring (bicyclic) bond motifs is 1. The molecule has 12 heavy (non-hydrogen) atoms. The molecule has 2 aromatic rings. The lowest BCUT2D eigenvalue weighted by atomic mass is 10.1. The molecule has 1 N–H and O–H groups in total. The van der Waals surface area contributed by atoms with E-state index in [4.69, 9.17) is 6.42 Å². The van der Waals surface area contributed by atoms with E-state index in [2.05, 4.69) is 23.0 Å². The number of terminal acetylenes is 1. The van der Waals surface area contributed by atoms with Crippen molar-refractivity contribution in [2.45, 2.75) is 6.42 Å². The van der Waals surface area contributed by atoms with Crippen LogP contribution in [0.5, 0.6) is 0 Å². The second kappa shape index (κ2) is 2.75. The van der Waals surface area contributed by atoms with Gasteiger partial charge in [-0.2, -0.15) is 0 Å². The highest BCUT2D eigenvalue weighted by atomic mass is 14.7. The average Bonchev–Trinajstić information content (AvgIpc) is 2.50. The lowest BCUT2D eigenvalue weighted by molar-refractivity contribution is 1.33. The summed E-state index contributed by atoms with van der Waals surface area (Å²) in [6.07, 6.45) is 7.92. The number of aromatic nitrogens is 1. The summed E-state index contributed by atoms with van der Waals surface area (Å²) in [7, 11) is 0. The first-order chi connectivity index (χ1) is 5.92. The van der Waals surface area contributed by atoms with Gasteiger partial charge in [-0.25, -0.2) is 0 Å². The second-order valence-electron chi connectivity index (χ2n) is 2.74. The topological polar surface area (TPSA) is 15.8 Å². The zero-order chi connectivity index (χ0) is 8.39. The smallest absolute Gasteiger partial charge is 0.0457 e. The Morgan fingerprint density at radius 1 is 1.33 bits per heavy atom. The first-order valence-corrected chi connectivity index (χ1v) is 3.90. The molecule has 0 atom stereocenters. The van der Waals surface area contributed by atoms with Crippen LogP contribution in [-0.4, -0.2) is 4.98 Å². The highest BCUT2D eigenvalue weighted by Crippen LogP contribution is 2.17. The van der Waals surface area contributed by atoms with Gasteiger partial charge in [0.05, 0.1) is 0 Å². The highest BCUT2D eigenvalue weighted by Gasteiger charge is 1.99. The predicted octanol–water partition coefficient (Wildman–Crippen LogP) is 2.34. The van der Waals surface area contributed by atoms with Gasteiger partial charge in [-0.1, -0.05) is 18.2 Å². The molecule has 0 saturated heterocycles. The Morgan fingerprint density at radius 2 is 2.17 bits per heavy atom. The molecule has 58 valence electrons. The van der Waals surface area contributed by atoms with Crippen molar-refractivity contribution in [3.05, 3.63) is 36.0 Å². The second-order valence-corrected chi connectivity index (χ2v) is 2.74. The number of nitrogens with one attached hydrogen (secondary N) is 1. The number of H-pyrrole nitrogens is 1. The Morgan fingerprint density at radius 3 is 3.00 bits per heavy atom. The lowest BCUT2D eigenvalue weighted by Crippen LogP contribution is -1.75. The van der Waals surface area contributed by atoms with Gasteiger partial charge < -0.3 is 4.98 Å². The van der Waals surface area contributed by atoms with Crippen LogP contribution < -0.4 is 0 Å². The molecule has 1 aromatic heterocycles. The molecule has 0 aliphatic rings. The molecule has 1 nitrogen and oxygen atoms in total. The van der Waals surface area contributed by atoms with Crippen molar-refractivity contribution < 1.29 is 0 Å². The van der Waals surface area contributed by atoms with Gasteiger partial charge in [0.25, 0.3) is 0 Å². The minimum Gasteiger partial charge on any atom is -0.361 e. The van der Waals surface area contributed by atoms with Crippen molar-refractivity contribution >= 4 is 10.9 Å². The van der Waals surface area contributed by atoms with Crippen molar-refractivity contribution in [3.63, 3.8) is 0 Å². The van der Waals surface area contributed by atoms with E-state index >= 15 is 0 Å². The van der Waals surface area contributed by atoms with Crippen molar-refractivity contribution in [1.82, 2.24) is 4.98 Å². The van der Waals surface area contributed by atoms with Crippen LogP contribution in [-0.2, 0) is 6.42 Å². The standard InChI is InChI=1S/C11H9N/c1-2-5-9-8-12-11-7-4-3-6-10(9)11/h1,3-4,6-8,12H,5H2. The molecule has 0 fully saturated rings. The molecule has 1 aromatic carbocycles. The van der Waals surface area contributed by atoms with Gasteiger partial charge in [-0.15, -0.1) is 12.3 Å². The summed E-state index contributed by atoms with van der Waals surface area (Å²) in [5.41, 5.74) is 2.36. The summed E-state index contributed by atoms with van der Waals surface area (Å²) < 4.78 is 0. The van der Waals surface area contributed by atoms with Gasteiger partial charge in [0.2, 0.25) is 0 Å². The number of para-hydroxylation sites is 1. The molecular weight excluding hydrogens is 146 g/mol. The maximum Gasteiger partial charge on any atom is 0.0457 e. The van der Waals surface area contributed by atoms with Crippen molar-refractivity contribution in [3.8, 4) is 12.3 Å². The Balaban J connectivity index is 2.64. The number of benzene rings is 1. The highest BCUT2D eigenvalue weighted by molar-refractivity contribution is 5.83. The average molecular weight is 155 g/mol. The maximum absolute atomic E-state index is 5.25. The van der Waals surface area contributed by atoms with Crippen LogP contribution in [0.25, 0.3) is 10.9 Å². The van der Waals surface area contributed by atoms with Gasteiger partial charge in [0.1, 0.15) is 0 Å². The fraction of sp³-hybridized carbons (Fsp3) is 0.0909. The molecule has 2 rings (SSSR count). The van der Waals surface area contributed by atoms with Crippen LogP contribution in [0.2, 0.25) is 0 Å². The van der Waals surface area contributed by atoms with Crippen LogP contribution >= 0.6 is 0 Å². The molecule has 0 aliphatic carbocycles. The zero-order valence-electron chi connectivity index (χ0n) is 6.67. The predicted molar refractivity (Wildman–Crippen MR) is 50.8 cm³/mol. The molecule has 1 heteroatoms. The first-order valence-electron chi connectivity index (χ1n) is 3.90. The Bertz CT molecular complexity index is 431. The molecule has 0 amide bonds. The SMILES string of the molecule is C#CCc1c[nH]c2ccccc12. The number of hydrogen-bond acceptors (Lipinski definition) is 0. The summed E-state index contributed by atoms with van der Waals surface area (Å²) in [5.74, 6) is 2.64. The van der Waals surface area contributed by atoms with E-state index in [1.807, 2.05) is 18.3 Å². The van der Waals surface area contributed by atoms with Crippen molar-refractivity contribution in [1.29, 1.82) is 0 Å². The normalized spacial score (nSPS) is 9.92. The molecule has 0 radical (unpaired) electrons. The minimum atomic E-state index is 0.698. The van der Waals surface area contributed by atoms with Gasteiger partial charge in [0, 0.05) is 23.5 Å². The van der Waals surface area contributed by atoms with Crippen molar-refractivity contribution in [2.24, 2.45) is 0 Å². The maximum atomic E-state index is 5.25. The molecule has 1 heterocycles. The Kier molecular flexibility index (Phi) is 1.60. The van der Waals surface area contributed by atoms with E-state index in [1.54, 1.807) is 0 Å². The number of rotatable bonds is 1. The van der Waals surface area contributed by atoms with E-state index in [0.29, 0.717) is 6.42 Å². The summed E-state index contributed by atoms with van der Waals surface area (Å²) in [5, 5.41) is 1.23. The number of aromatic amines is 1. The largest absolute Gasteiger partial charge is 0.361 e.